The molecule has 1 aromatic carbocycles. The van der Waals surface area contributed by atoms with Gasteiger partial charge in [0.15, 0.2) is 0 Å². The van der Waals surface area contributed by atoms with Gasteiger partial charge in [-0.3, -0.25) is 4.79 Å². The third-order valence-electron chi connectivity index (χ3n) is 2.20. The maximum absolute atomic E-state index is 10.9. The first-order valence-electron chi connectivity index (χ1n) is 5.40. The standard InChI is InChI=1S/C13H12BrN3O/c1-9(18)16-12-6-7-13(15-8-12)17-11-4-2-10(14)3-5-11/h2-8H,1H3,(H,15,17)(H,16,18). The van der Waals surface area contributed by atoms with E-state index in [-0.39, 0.29) is 5.91 Å². The number of amides is 1. The Kier molecular flexibility index (Phi) is 3.94. The fraction of sp³-hybridized carbons (Fsp3) is 0.0769. The second kappa shape index (κ2) is 5.64. The molecule has 0 atom stereocenters. The largest absolute Gasteiger partial charge is 0.340 e. The quantitative estimate of drug-likeness (QED) is 0.912. The Balaban J connectivity index is 2.06. The number of hydrogen-bond acceptors (Lipinski definition) is 3. The van der Waals surface area contributed by atoms with E-state index in [1.165, 1.54) is 6.92 Å². The van der Waals surface area contributed by atoms with Crippen molar-refractivity contribution in [2.45, 2.75) is 6.92 Å². The van der Waals surface area contributed by atoms with Crippen molar-refractivity contribution in [2.75, 3.05) is 10.6 Å². The molecular weight excluding hydrogens is 294 g/mol. The molecule has 2 rings (SSSR count). The number of hydrogen-bond donors (Lipinski definition) is 2. The van der Waals surface area contributed by atoms with Gasteiger partial charge >= 0.3 is 0 Å². The maximum Gasteiger partial charge on any atom is 0.221 e. The number of carbonyl (C=O) groups excluding carboxylic acids is 1. The Morgan fingerprint density at radius 3 is 2.33 bits per heavy atom. The topological polar surface area (TPSA) is 54.0 Å². The smallest absolute Gasteiger partial charge is 0.221 e. The third kappa shape index (κ3) is 3.56. The number of carbonyl (C=O) groups is 1. The van der Waals surface area contributed by atoms with Gasteiger partial charge in [-0.2, -0.15) is 0 Å². The lowest BCUT2D eigenvalue weighted by Gasteiger charge is -2.06. The molecule has 18 heavy (non-hydrogen) atoms. The highest BCUT2D eigenvalue weighted by molar-refractivity contribution is 9.10. The van der Waals surface area contributed by atoms with Crippen LogP contribution in [-0.4, -0.2) is 10.9 Å². The van der Waals surface area contributed by atoms with E-state index in [0.717, 1.165) is 16.0 Å². The van der Waals surface area contributed by atoms with E-state index in [0.29, 0.717) is 5.69 Å². The van der Waals surface area contributed by atoms with Gasteiger partial charge in [0.25, 0.3) is 0 Å². The van der Waals surface area contributed by atoms with Crippen LogP contribution in [-0.2, 0) is 4.79 Å². The van der Waals surface area contributed by atoms with Crippen LogP contribution in [0.25, 0.3) is 0 Å². The summed E-state index contributed by atoms with van der Waals surface area (Å²) in [7, 11) is 0. The molecule has 4 nitrogen and oxygen atoms in total. The summed E-state index contributed by atoms with van der Waals surface area (Å²) in [6.45, 7) is 1.47. The molecule has 0 saturated heterocycles. The van der Waals surface area contributed by atoms with Crippen molar-refractivity contribution in [1.82, 2.24) is 4.98 Å². The average molecular weight is 306 g/mol. The maximum atomic E-state index is 10.9. The number of pyridine rings is 1. The number of benzene rings is 1. The van der Waals surface area contributed by atoms with Gasteiger partial charge in [0, 0.05) is 17.1 Å². The average Bonchev–Trinajstić information content (AvgIpc) is 2.34. The molecular formula is C13H12BrN3O. The van der Waals surface area contributed by atoms with Crippen LogP contribution in [0.3, 0.4) is 0 Å². The summed E-state index contributed by atoms with van der Waals surface area (Å²) in [5.41, 5.74) is 1.64. The lowest BCUT2D eigenvalue weighted by Crippen LogP contribution is -2.06. The Morgan fingerprint density at radius 1 is 1.11 bits per heavy atom. The lowest BCUT2D eigenvalue weighted by molar-refractivity contribution is -0.114. The summed E-state index contributed by atoms with van der Waals surface area (Å²) >= 11 is 3.38. The lowest BCUT2D eigenvalue weighted by atomic mass is 10.3. The van der Waals surface area contributed by atoms with Crippen LogP contribution in [0.5, 0.6) is 0 Å². The molecule has 2 N–H and O–H groups in total. The molecule has 0 aliphatic heterocycles. The van der Waals surface area contributed by atoms with E-state index >= 15 is 0 Å². The zero-order valence-electron chi connectivity index (χ0n) is 9.77. The second-order valence-corrected chi connectivity index (χ2v) is 4.66. The van der Waals surface area contributed by atoms with Crippen molar-refractivity contribution < 1.29 is 4.79 Å². The Morgan fingerprint density at radius 2 is 1.78 bits per heavy atom. The molecule has 1 amide bonds. The highest BCUT2D eigenvalue weighted by Gasteiger charge is 1.98. The molecule has 0 spiro atoms. The summed E-state index contributed by atoms with van der Waals surface area (Å²) in [6.07, 6.45) is 1.61. The number of nitrogens with one attached hydrogen (secondary N) is 2. The zero-order chi connectivity index (χ0) is 13.0. The number of rotatable bonds is 3. The molecule has 0 unspecified atom stereocenters. The van der Waals surface area contributed by atoms with Gasteiger partial charge in [0.2, 0.25) is 5.91 Å². The van der Waals surface area contributed by atoms with Crippen LogP contribution < -0.4 is 10.6 Å². The molecule has 1 aromatic heterocycles. The Labute approximate surface area is 114 Å². The Hall–Kier alpha value is -1.88. The van der Waals surface area contributed by atoms with Crippen molar-refractivity contribution in [3.8, 4) is 0 Å². The highest BCUT2D eigenvalue weighted by Crippen LogP contribution is 2.18. The molecule has 92 valence electrons. The van der Waals surface area contributed by atoms with Gasteiger partial charge in [-0.05, 0) is 36.4 Å². The molecule has 5 heteroatoms. The normalized spacial score (nSPS) is 9.89. The minimum absolute atomic E-state index is 0.106. The number of anilines is 3. The van der Waals surface area contributed by atoms with Crippen LogP contribution in [0.15, 0.2) is 47.1 Å². The van der Waals surface area contributed by atoms with Crippen LogP contribution in [0.4, 0.5) is 17.2 Å². The van der Waals surface area contributed by atoms with Crippen LogP contribution >= 0.6 is 15.9 Å². The molecule has 1 heterocycles. The summed E-state index contributed by atoms with van der Waals surface area (Å²) in [6, 6.07) is 11.4. The number of nitrogens with zero attached hydrogens (tertiary/aromatic N) is 1. The first kappa shape index (κ1) is 12.6. The van der Waals surface area contributed by atoms with E-state index in [1.54, 1.807) is 12.3 Å². The van der Waals surface area contributed by atoms with E-state index in [2.05, 4.69) is 31.5 Å². The number of halogens is 1. The third-order valence-corrected chi connectivity index (χ3v) is 2.73. The predicted molar refractivity (Wildman–Crippen MR) is 76.0 cm³/mol. The van der Waals surface area contributed by atoms with Gasteiger partial charge in [-0.15, -0.1) is 0 Å². The Bertz CT molecular complexity index is 537. The minimum Gasteiger partial charge on any atom is -0.340 e. The van der Waals surface area contributed by atoms with E-state index in [9.17, 15) is 4.79 Å². The fourth-order valence-electron chi connectivity index (χ4n) is 1.43. The SMILES string of the molecule is CC(=O)Nc1ccc(Nc2ccc(Br)cc2)nc1. The van der Waals surface area contributed by atoms with Crippen LogP contribution in [0.2, 0.25) is 0 Å². The monoisotopic (exact) mass is 305 g/mol. The van der Waals surface area contributed by atoms with Crippen LogP contribution in [0, 0.1) is 0 Å². The van der Waals surface area contributed by atoms with Gasteiger partial charge in [-0.25, -0.2) is 4.98 Å². The zero-order valence-corrected chi connectivity index (χ0v) is 11.4. The summed E-state index contributed by atoms with van der Waals surface area (Å²) in [5, 5.41) is 5.83. The van der Waals surface area contributed by atoms with Crippen molar-refractivity contribution in [3.05, 3.63) is 47.1 Å². The van der Waals surface area contributed by atoms with Gasteiger partial charge < -0.3 is 10.6 Å². The van der Waals surface area contributed by atoms with Gasteiger partial charge in [0.1, 0.15) is 5.82 Å². The van der Waals surface area contributed by atoms with Crippen molar-refractivity contribution in [3.63, 3.8) is 0 Å². The highest BCUT2D eigenvalue weighted by atomic mass is 79.9. The van der Waals surface area contributed by atoms with Gasteiger partial charge in [0.05, 0.1) is 11.9 Å². The fourth-order valence-corrected chi connectivity index (χ4v) is 1.69. The van der Waals surface area contributed by atoms with E-state index in [4.69, 9.17) is 0 Å². The minimum atomic E-state index is -0.106. The summed E-state index contributed by atoms with van der Waals surface area (Å²) < 4.78 is 1.03. The van der Waals surface area contributed by atoms with Crippen molar-refractivity contribution in [1.29, 1.82) is 0 Å². The molecule has 0 saturated carbocycles. The number of aromatic nitrogens is 1. The van der Waals surface area contributed by atoms with Gasteiger partial charge in [-0.1, -0.05) is 15.9 Å². The first-order valence-corrected chi connectivity index (χ1v) is 6.19. The predicted octanol–water partition coefficient (Wildman–Crippen LogP) is 3.55. The summed E-state index contributed by atoms with van der Waals surface area (Å²) in [5.74, 6) is 0.622. The first-order chi connectivity index (χ1) is 8.63. The molecule has 0 aliphatic carbocycles. The van der Waals surface area contributed by atoms with Crippen LogP contribution in [0.1, 0.15) is 6.92 Å². The molecule has 2 aromatic rings. The van der Waals surface area contributed by atoms with E-state index < -0.39 is 0 Å². The second-order valence-electron chi connectivity index (χ2n) is 3.75. The van der Waals surface area contributed by atoms with Crippen molar-refractivity contribution >= 4 is 39.0 Å². The molecule has 0 fully saturated rings. The molecule has 0 bridgehead atoms. The molecule has 0 radical (unpaired) electrons. The summed E-state index contributed by atoms with van der Waals surface area (Å²) in [4.78, 5) is 15.1. The molecule has 0 aliphatic rings. The van der Waals surface area contributed by atoms with E-state index in [1.807, 2.05) is 30.3 Å². The van der Waals surface area contributed by atoms with Crippen molar-refractivity contribution in [2.24, 2.45) is 0 Å².